The number of nitrogens with zero attached hydrogens (tertiary/aromatic N) is 2. The molecule has 0 unspecified atom stereocenters. The van der Waals surface area contributed by atoms with Gasteiger partial charge in [0.2, 0.25) is 5.91 Å². The maximum atomic E-state index is 13.0. The molecule has 1 saturated heterocycles. The second-order valence-corrected chi connectivity index (χ2v) is 9.67. The fraction of sp³-hybridized carbons (Fsp3) is 0.172. The summed E-state index contributed by atoms with van der Waals surface area (Å²) < 4.78 is 5.43. The summed E-state index contributed by atoms with van der Waals surface area (Å²) in [5.74, 6) is -0.457. The fourth-order valence-corrected chi connectivity index (χ4v) is 4.95. The molecule has 0 spiro atoms. The number of thiazole rings is 1. The van der Waals surface area contributed by atoms with Crippen molar-refractivity contribution < 1.29 is 19.1 Å². The van der Waals surface area contributed by atoms with E-state index in [9.17, 15) is 14.4 Å². The lowest BCUT2D eigenvalue weighted by Gasteiger charge is -2.22. The maximum absolute atomic E-state index is 13.0. The van der Waals surface area contributed by atoms with E-state index in [1.54, 1.807) is 12.1 Å². The van der Waals surface area contributed by atoms with Crippen LogP contribution >= 0.6 is 11.3 Å². The maximum Gasteiger partial charge on any atom is 0.410 e. The zero-order chi connectivity index (χ0) is 26.3. The number of aromatic nitrogens is 1. The van der Waals surface area contributed by atoms with Crippen LogP contribution in [-0.4, -0.2) is 40.4 Å². The summed E-state index contributed by atoms with van der Waals surface area (Å²) >= 11 is 1.31. The van der Waals surface area contributed by atoms with Crippen LogP contribution in [0, 0.1) is 0 Å². The van der Waals surface area contributed by atoms with E-state index in [0.29, 0.717) is 35.0 Å². The van der Waals surface area contributed by atoms with Crippen molar-refractivity contribution in [3.05, 3.63) is 101 Å². The quantitative estimate of drug-likeness (QED) is 0.317. The third-order valence-electron chi connectivity index (χ3n) is 6.20. The number of anilines is 2. The lowest BCUT2D eigenvalue weighted by atomic mass is 10.1. The largest absolute Gasteiger partial charge is 0.445 e. The topological polar surface area (TPSA) is 101 Å². The van der Waals surface area contributed by atoms with Gasteiger partial charge in [0, 0.05) is 28.7 Å². The van der Waals surface area contributed by atoms with Crippen molar-refractivity contribution in [2.45, 2.75) is 25.5 Å². The Morgan fingerprint density at radius 3 is 2.37 bits per heavy atom. The fourth-order valence-electron chi connectivity index (χ4n) is 4.23. The van der Waals surface area contributed by atoms with Gasteiger partial charge in [0.15, 0.2) is 5.13 Å². The molecule has 1 atom stereocenters. The molecular formula is C29H26N4O4S. The molecule has 9 heteroatoms. The lowest BCUT2D eigenvalue weighted by Crippen LogP contribution is -2.43. The first-order valence-corrected chi connectivity index (χ1v) is 13.2. The minimum Gasteiger partial charge on any atom is -0.445 e. The summed E-state index contributed by atoms with van der Waals surface area (Å²) in [6.07, 6.45) is 0.806. The van der Waals surface area contributed by atoms with E-state index in [1.165, 1.54) is 16.2 Å². The molecule has 1 fully saturated rings. The molecule has 5 rings (SSSR count). The second kappa shape index (κ2) is 11.7. The van der Waals surface area contributed by atoms with Gasteiger partial charge in [-0.25, -0.2) is 9.78 Å². The van der Waals surface area contributed by atoms with Gasteiger partial charge in [-0.3, -0.25) is 14.5 Å². The van der Waals surface area contributed by atoms with Crippen molar-refractivity contribution in [1.29, 1.82) is 0 Å². The number of carbonyl (C=O) groups excluding carboxylic acids is 3. The Morgan fingerprint density at radius 1 is 0.921 bits per heavy atom. The van der Waals surface area contributed by atoms with Crippen molar-refractivity contribution in [3.8, 4) is 11.3 Å². The van der Waals surface area contributed by atoms with Crippen molar-refractivity contribution in [3.63, 3.8) is 0 Å². The molecule has 0 saturated carbocycles. The van der Waals surface area contributed by atoms with E-state index >= 15 is 0 Å². The average molecular weight is 527 g/mol. The van der Waals surface area contributed by atoms with Gasteiger partial charge in [-0.15, -0.1) is 11.3 Å². The summed E-state index contributed by atoms with van der Waals surface area (Å²) in [4.78, 5) is 44.0. The Balaban J connectivity index is 1.16. The van der Waals surface area contributed by atoms with E-state index in [-0.39, 0.29) is 18.4 Å². The van der Waals surface area contributed by atoms with Gasteiger partial charge in [-0.2, -0.15) is 0 Å². The Kier molecular flexibility index (Phi) is 7.75. The van der Waals surface area contributed by atoms with E-state index in [0.717, 1.165) is 17.5 Å². The van der Waals surface area contributed by atoms with Gasteiger partial charge in [0.05, 0.1) is 5.69 Å². The zero-order valence-electron chi connectivity index (χ0n) is 20.5. The smallest absolute Gasteiger partial charge is 0.410 e. The standard InChI is InChI=1S/C29H26N4O4S/c34-26(22-10-5-2-6-11-22)30-23-15-13-21(14-16-23)24-19-38-28(31-24)32-27(35)25-12-7-17-33(25)29(36)37-18-20-8-3-1-4-9-20/h1-6,8-11,13-16,19,25H,7,12,17-18H2,(H,30,34)(H,31,32,35)/t25-/m1/s1. The van der Waals surface area contributed by atoms with Crippen LogP contribution in [0.3, 0.4) is 0 Å². The predicted octanol–water partition coefficient (Wildman–Crippen LogP) is 5.80. The van der Waals surface area contributed by atoms with Crippen molar-refractivity contribution >= 4 is 40.1 Å². The Labute approximate surface area is 224 Å². The minimum atomic E-state index is -0.599. The number of benzene rings is 3. The molecule has 1 aliphatic heterocycles. The number of carbonyl (C=O) groups is 3. The highest BCUT2D eigenvalue weighted by Crippen LogP contribution is 2.27. The molecule has 4 aromatic rings. The molecule has 0 radical (unpaired) electrons. The van der Waals surface area contributed by atoms with E-state index < -0.39 is 12.1 Å². The SMILES string of the molecule is O=C(Nc1ccc(-c2csc(NC(=O)[C@H]3CCCN3C(=O)OCc3ccccc3)n2)cc1)c1ccccc1. The summed E-state index contributed by atoms with van der Waals surface area (Å²) in [5.41, 5.74) is 3.71. The zero-order valence-corrected chi connectivity index (χ0v) is 21.3. The third-order valence-corrected chi connectivity index (χ3v) is 6.96. The molecule has 3 amide bonds. The average Bonchev–Trinajstić information content (AvgIpc) is 3.64. The first-order chi connectivity index (χ1) is 18.6. The Bertz CT molecular complexity index is 1410. The van der Waals surface area contributed by atoms with Gasteiger partial charge in [0.25, 0.3) is 5.91 Å². The molecule has 38 heavy (non-hydrogen) atoms. The number of rotatable bonds is 7. The van der Waals surface area contributed by atoms with E-state index in [1.807, 2.05) is 78.2 Å². The van der Waals surface area contributed by atoms with Gasteiger partial charge in [0.1, 0.15) is 12.6 Å². The predicted molar refractivity (Wildman–Crippen MR) is 147 cm³/mol. The first-order valence-electron chi connectivity index (χ1n) is 12.3. The number of amides is 3. The van der Waals surface area contributed by atoms with Gasteiger partial charge in [-0.05, 0) is 42.7 Å². The third kappa shape index (κ3) is 6.07. The second-order valence-electron chi connectivity index (χ2n) is 8.82. The minimum absolute atomic E-state index is 0.162. The molecule has 8 nitrogen and oxygen atoms in total. The van der Waals surface area contributed by atoms with E-state index in [4.69, 9.17) is 4.74 Å². The van der Waals surface area contributed by atoms with Gasteiger partial charge < -0.3 is 15.4 Å². The van der Waals surface area contributed by atoms with Crippen LogP contribution in [0.15, 0.2) is 90.3 Å². The van der Waals surface area contributed by atoms with E-state index in [2.05, 4.69) is 15.6 Å². The van der Waals surface area contributed by atoms with Crippen LogP contribution < -0.4 is 10.6 Å². The molecule has 1 aromatic heterocycles. The molecule has 0 bridgehead atoms. The van der Waals surface area contributed by atoms with Crippen LogP contribution in [0.1, 0.15) is 28.8 Å². The molecule has 3 aromatic carbocycles. The molecule has 2 heterocycles. The number of ether oxygens (including phenoxy) is 1. The van der Waals surface area contributed by atoms with Crippen molar-refractivity contribution in [1.82, 2.24) is 9.88 Å². The number of hydrogen-bond acceptors (Lipinski definition) is 6. The Morgan fingerprint density at radius 2 is 1.63 bits per heavy atom. The first kappa shape index (κ1) is 25.2. The molecular weight excluding hydrogens is 500 g/mol. The van der Waals surface area contributed by atoms with Crippen LogP contribution in [0.25, 0.3) is 11.3 Å². The Hall–Kier alpha value is -4.50. The van der Waals surface area contributed by atoms with Gasteiger partial charge >= 0.3 is 6.09 Å². The summed E-state index contributed by atoms with van der Waals surface area (Å²) in [7, 11) is 0. The summed E-state index contributed by atoms with van der Waals surface area (Å²) in [6, 6.07) is 25.2. The highest BCUT2D eigenvalue weighted by atomic mass is 32.1. The van der Waals surface area contributed by atoms with Crippen molar-refractivity contribution in [2.24, 2.45) is 0 Å². The van der Waals surface area contributed by atoms with Gasteiger partial charge in [-0.1, -0.05) is 60.7 Å². The number of likely N-dealkylation sites (tertiary alicyclic amines) is 1. The molecule has 0 aliphatic carbocycles. The van der Waals surface area contributed by atoms with Crippen LogP contribution in [0.5, 0.6) is 0 Å². The molecule has 2 N–H and O–H groups in total. The number of nitrogens with one attached hydrogen (secondary N) is 2. The highest BCUT2D eigenvalue weighted by molar-refractivity contribution is 7.14. The molecule has 1 aliphatic rings. The van der Waals surface area contributed by atoms with Crippen LogP contribution in [0.4, 0.5) is 15.6 Å². The van der Waals surface area contributed by atoms with Crippen LogP contribution in [-0.2, 0) is 16.1 Å². The summed E-state index contributed by atoms with van der Waals surface area (Å²) in [5, 5.41) is 8.03. The monoisotopic (exact) mass is 526 g/mol. The normalized spacial score (nSPS) is 14.6. The number of hydrogen-bond donors (Lipinski definition) is 2. The summed E-state index contributed by atoms with van der Waals surface area (Å²) in [6.45, 7) is 0.636. The molecule has 192 valence electrons. The van der Waals surface area contributed by atoms with Crippen LogP contribution in [0.2, 0.25) is 0 Å². The highest BCUT2D eigenvalue weighted by Gasteiger charge is 2.35. The van der Waals surface area contributed by atoms with Crippen molar-refractivity contribution in [2.75, 3.05) is 17.2 Å². The lowest BCUT2D eigenvalue weighted by molar-refractivity contribution is -0.120.